The lowest BCUT2D eigenvalue weighted by Gasteiger charge is -2.14. The minimum absolute atomic E-state index is 0.300. The maximum absolute atomic E-state index is 4.31. The first-order valence-corrected chi connectivity index (χ1v) is 7.43. The molecular weight excluding hydrogens is 314 g/mol. The molecule has 3 rings (SSSR count). The average Bonchev–Trinajstić information content (AvgIpc) is 2.88. The SMILES string of the molecule is C[C@@H](NCc1c[nH]c2ncccc12)c1cccc(Br)c1. The van der Waals surface area contributed by atoms with Gasteiger partial charge in [-0.3, -0.25) is 0 Å². The van der Waals surface area contributed by atoms with Gasteiger partial charge in [0.2, 0.25) is 0 Å². The quantitative estimate of drug-likeness (QED) is 0.753. The summed E-state index contributed by atoms with van der Waals surface area (Å²) in [5, 5.41) is 4.73. The smallest absolute Gasteiger partial charge is 0.137 e. The molecule has 0 fully saturated rings. The van der Waals surface area contributed by atoms with Crippen LogP contribution in [0.3, 0.4) is 0 Å². The van der Waals surface area contributed by atoms with Crippen molar-refractivity contribution < 1.29 is 0 Å². The van der Waals surface area contributed by atoms with Crippen LogP contribution in [0.15, 0.2) is 53.3 Å². The fraction of sp³-hybridized carbons (Fsp3) is 0.188. The van der Waals surface area contributed by atoms with Gasteiger partial charge in [0.05, 0.1) is 0 Å². The van der Waals surface area contributed by atoms with E-state index in [2.05, 4.69) is 62.4 Å². The summed E-state index contributed by atoms with van der Waals surface area (Å²) in [6.07, 6.45) is 3.83. The topological polar surface area (TPSA) is 40.7 Å². The number of pyridine rings is 1. The highest BCUT2D eigenvalue weighted by Crippen LogP contribution is 2.20. The van der Waals surface area contributed by atoms with Crippen LogP contribution in [0.2, 0.25) is 0 Å². The van der Waals surface area contributed by atoms with Crippen molar-refractivity contribution in [2.24, 2.45) is 0 Å². The number of hydrogen-bond donors (Lipinski definition) is 2. The molecule has 0 aliphatic carbocycles. The maximum atomic E-state index is 4.31. The summed E-state index contributed by atoms with van der Waals surface area (Å²) < 4.78 is 1.11. The Hall–Kier alpha value is -1.65. The molecule has 0 saturated heterocycles. The van der Waals surface area contributed by atoms with E-state index in [0.717, 1.165) is 16.7 Å². The molecule has 2 heterocycles. The highest BCUT2D eigenvalue weighted by molar-refractivity contribution is 9.10. The summed E-state index contributed by atoms with van der Waals surface area (Å²) in [4.78, 5) is 7.51. The second-order valence-corrected chi connectivity index (χ2v) is 5.79. The second-order valence-electron chi connectivity index (χ2n) is 4.87. The number of benzene rings is 1. The zero-order valence-corrected chi connectivity index (χ0v) is 12.8. The molecule has 0 aliphatic heterocycles. The van der Waals surface area contributed by atoms with Crippen LogP contribution < -0.4 is 5.32 Å². The lowest BCUT2D eigenvalue weighted by Crippen LogP contribution is -2.17. The fourth-order valence-electron chi connectivity index (χ4n) is 2.32. The lowest BCUT2D eigenvalue weighted by molar-refractivity contribution is 0.576. The monoisotopic (exact) mass is 329 g/mol. The van der Waals surface area contributed by atoms with Gasteiger partial charge in [0.1, 0.15) is 5.65 Å². The molecule has 3 aromatic rings. The summed E-state index contributed by atoms with van der Waals surface area (Å²) in [5.41, 5.74) is 3.46. The Morgan fingerprint density at radius 2 is 2.20 bits per heavy atom. The van der Waals surface area contributed by atoms with Crippen molar-refractivity contribution in [3.8, 4) is 0 Å². The van der Waals surface area contributed by atoms with Gasteiger partial charge >= 0.3 is 0 Å². The minimum Gasteiger partial charge on any atom is -0.346 e. The molecule has 0 bridgehead atoms. The molecule has 102 valence electrons. The van der Waals surface area contributed by atoms with Gasteiger partial charge < -0.3 is 10.3 Å². The first-order valence-electron chi connectivity index (χ1n) is 6.64. The molecule has 0 saturated carbocycles. The van der Waals surface area contributed by atoms with Crippen LogP contribution in [0.5, 0.6) is 0 Å². The van der Waals surface area contributed by atoms with E-state index >= 15 is 0 Å². The minimum atomic E-state index is 0.300. The zero-order chi connectivity index (χ0) is 13.9. The van der Waals surface area contributed by atoms with Crippen molar-refractivity contribution in [1.82, 2.24) is 15.3 Å². The van der Waals surface area contributed by atoms with E-state index in [0.29, 0.717) is 6.04 Å². The van der Waals surface area contributed by atoms with Gasteiger partial charge in [0.25, 0.3) is 0 Å². The van der Waals surface area contributed by atoms with Gasteiger partial charge in [-0.05, 0) is 42.3 Å². The van der Waals surface area contributed by atoms with Crippen LogP contribution in [0.1, 0.15) is 24.1 Å². The molecule has 0 radical (unpaired) electrons. The van der Waals surface area contributed by atoms with Crippen LogP contribution in [0, 0.1) is 0 Å². The lowest BCUT2D eigenvalue weighted by atomic mass is 10.1. The van der Waals surface area contributed by atoms with Gasteiger partial charge in [-0.25, -0.2) is 4.98 Å². The number of rotatable bonds is 4. The van der Waals surface area contributed by atoms with Crippen LogP contribution >= 0.6 is 15.9 Å². The van der Waals surface area contributed by atoms with E-state index < -0.39 is 0 Å². The predicted octanol–water partition coefficient (Wildman–Crippen LogP) is 4.18. The third-order valence-corrected chi connectivity index (χ3v) is 3.98. The number of aromatic nitrogens is 2. The molecule has 0 spiro atoms. The largest absolute Gasteiger partial charge is 0.346 e. The Labute approximate surface area is 126 Å². The Kier molecular flexibility index (Phi) is 3.85. The van der Waals surface area contributed by atoms with Crippen molar-refractivity contribution in [3.63, 3.8) is 0 Å². The molecular formula is C16H16BrN3. The van der Waals surface area contributed by atoms with Gasteiger partial charge in [-0.15, -0.1) is 0 Å². The third kappa shape index (κ3) is 2.76. The zero-order valence-electron chi connectivity index (χ0n) is 11.2. The Bertz CT molecular complexity index is 720. The van der Waals surface area contributed by atoms with E-state index in [1.165, 1.54) is 16.5 Å². The molecule has 2 N–H and O–H groups in total. The highest BCUT2D eigenvalue weighted by Gasteiger charge is 2.08. The van der Waals surface area contributed by atoms with E-state index in [1.807, 2.05) is 18.3 Å². The van der Waals surface area contributed by atoms with Crippen molar-refractivity contribution in [2.75, 3.05) is 0 Å². The maximum Gasteiger partial charge on any atom is 0.137 e. The number of fused-ring (bicyclic) bond motifs is 1. The van der Waals surface area contributed by atoms with Crippen LogP contribution in [-0.4, -0.2) is 9.97 Å². The van der Waals surface area contributed by atoms with Gasteiger partial charge in [-0.2, -0.15) is 0 Å². The number of hydrogen-bond acceptors (Lipinski definition) is 2. The van der Waals surface area contributed by atoms with Gasteiger partial charge in [0.15, 0.2) is 0 Å². The number of aromatic amines is 1. The Morgan fingerprint density at radius 3 is 3.05 bits per heavy atom. The van der Waals surface area contributed by atoms with Gasteiger partial charge in [0, 0.05) is 34.8 Å². The normalized spacial score (nSPS) is 12.7. The summed E-state index contributed by atoms with van der Waals surface area (Å²) in [6.45, 7) is 2.99. The predicted molar refractivity (Wildman–Crippen MR) is 85.5 cm³/mol. The van der Waals surface area contributed by atoms with E-state index in [9.17, 15) is 0 Å². The molecule has 1 atom stereocenters. The van der Waals surface area contributed by atoms with Crippen molar-refractivity contribution in [2.45, 2.75) is 19.5 Å². The highest BCUT2D eigenvalue weighted by atomic mass is 79.9. The summed E-state index contributed by atoms with van der Waals surface area (Å²) in [7, 11) is 0. The summed E-state index contributed by atoms with van der Waals surface area (Å²) >= 11 is 3.51. The standard InChI is InChI=1S/C16H16BrN3/c1-11(12-4-2-5-14(17)8-12)19-9-13-10-20-16-15(13)6-3-7-18-16/h2-8,10-11,19H,9H2,1H3,(H,18,20)/t11-/m1/s1. The van der Waals surface area contributed by atoms with Crippen LogP contribution in [0.4, 0.5) is 0 Å². The average molecular weight is 330 g/mol. The molecule has 3 nitrogen and oxygen atoms in total. The van der Waals surface area contributed by atoms with Crippen LogP contribution in [-0.2, 0) is 6.54 Å². The van der Waals surface area contributed by atoms with E-state index in [1.54, 1.807) is 6.20 Å². The summed E-state index contributed by atoms with van der Waals surface area (Å²) in [5.74, 6) is 0. The molecule has 0 amide bonds. The van der Waals surface area contributed by atoms with Gasteiger partial charge in [-0.1, -0.05) is 28.1 Å². The number of H-pyrrole nitrogens is 1. The first kappa shape index (κ1) is 13.3. The van der Waals surface area contributed by atoms with Crippen LogP contribution in [0.25, 0.3) is 11.0 Å². The molecule has 0 aliphatic rings. The number of nitrogens with one attached hydrogen (secondary N) is 2. The second kappa shape index (κ2) is 5.77. The molecule has 4 heteroatoms. The molecule has 2 aromatic heterocycles. The Balaban J connectivity index is 1.73. The number of halogens is 1. The van der Waals surface area contributed by atoms with Crippen molar-refractivity contribution in [1.29, 1.82) is 0 Å². The summed E-state index contributed by atoms with van der Waals surface area (Å²) in [6, 6.07) is 12.8. The van der Waals surface area contributed by atoms with E-state index in [4.69, 9.17) is 0 Å². The van der Waals surface area contributed by atoms with E-state index in [-0.39, 0.29) is 0 Å². The fourth-order valence-corrected chi connectivity index (χ4v) is 2.73. The van der Waals surface area contributed by atoms with Crippen molar-refractivity contribution in [3.05, 3.63) is 64.4 Å². The van der Waals surface area contributed by atoms with Crippen molar-refractivity contribution >= 4 is 27.0 Å². The Morgan fingerprint density at radius 1 is 1.30 bits per heavy atom. The first-order chi connectivity index (χ1) is 9.74. The molecule has 0 unspecified atom stereocenters. The molecule has 1 aromatic carbocycles. The third-order valence-electron chi connectivity index (χ3n) is 3.48. The number of nitrogens with zero attached hydrogens (tertiary/aromatic N) is 1. The molecule has 20 heavy (non-hydrogen) atoms.